The molecule has 2 aliphatic rings. The molecule has 6 heteroatoms. The minimum atomic E-state index is -0.375. The molecule has 1 amide bonds. The summed E-state index contributed by atoms with van der Waals surface area (Å²) < 4.78 is 0. The van der Waals surface area contributed by atoms with E-state index in [-0.39, 0.29) is 34.5 Å². The number of nitrogens with one attached hydrogen (secondary N) is 1. The Labute approximate surface area is 129 Å². The van der Waals surface area contributed by atoms with E-state index in [1.807, 2.05) is 19.9 Å². The summed E-state index contributed by atoms with van der Waals surface area (Å²) in [6, 6.07) is 5.34. The van der Waals surface area contributed by atoms with Gasteiger partial charge in [0.1, 0.15) is 0 Å². The van der Waals surface area contributed by atoms with Crippen LogP contribution in [-0.4, -0.2) is 29.5 Å². The second-order valence-electron chi connectivity index (χ2n) is 6.45. The molecule has 1 N–H and O–H groups in total. The van der Waals surface area contributed by atoms with Gasteiger partial charge >= 0.3 is 0 Å². The van der Waals surface area contributed by atoms with Crippen LogP contribution in [0, 0.1) is 16.0 Å². The van der Waals surface area contributed by atoms with E-state index in [9.17, 15) is 14.9 Å². The number of nitrogens with zero attached hydrogens (tertiary/aromatic N) is 2. The third kappa shape index (κ3) is 2.53. The van der Waals surface area contributed by atoms with E-state index < -0.39 is 0 Å². The zero-order chi connectivity index (χ0) is 15.9. The summed E-state index contributed by atoms with van der Waals surface area (Å²) in [5, 5.41) is 14.0. The highest BCUT2D eigenvalue weighted by Gasteiger charge is 2.41. The van der Waals surface area contributed by atoms with Crippen LogP contribution in [0.2, 0.25) is 0 Å². The molecule has 1 aromatic carbocycles. The van der Waals surface area contributed by atoms with Crippen molar-refractivity contribution in [1.29, 1.82) is 0 Å². The second-order valence-corrected chi connectivity index (χ2v) is 6.45. The Morgan fingerprint density at radius 1 is 1.45 bits per heavy atom. The van der Waals surface area contributed by atoms with Crippen LogP contribution in [0.25, 0.3) is 0 Å². The van der Waals surface area contributed by atoms with E-state index in [2.05, 4.69) is 10.2 Å². The number of fused-ring (bicyclic) bond motifs is 3. The van der Waals surface area contributed by atoms with Crippen molar-refractivity contribution < 1.29 is 9.72 Å². The van der Waals surface area contributed by atoms with Crippen molar-refractivity contribution >= 4 is 17.3 Å². The smallest absolute Gasteiger partial charge is 0.269 e. The van der Waals surface area contributed by atoms with Crippen LogP contribution >= 0.6 is 0 Å². The Balaban J connectivity index is 1.95. The Morgan fingerprint density at radius 2 is 2.23 bits per heavy atom. The lowest BCUT2D eigenvalue weighted by molar-refractivity contribution is -0.384. The summed E-state index contributed by atoms with van der Waals surface area (Å²) in [4.78, 5) is 25.4. The number of amides is 1. The molecule has 3 rings (SSSR count). The van der Waals surface area contributed by atoms with Gasteiger partial charge in [-0.3, -0.25) is 14.9 Å². The van der Waals surface area contributed by atoms with Gasteiger partial charge < -0.3 is 10.2 Å². The van der Waals surface area contributed by atoms with Crippen LogP contribution in [0.3, 0.4) is 0 Å². The number of rotatable bonds is 3. The van der Waals surface area contributed by atoms with Gasteiger partial charge in [0, 0.05) is 36.4 Å². The monoisotopic (exact) mass is 303 g/mol. The summed E-state index contributed by atoms with van der Waals surface area (Å²) in [6.45, 7) is 4.82. The van der Waals surface area contributed by atoms with Gasteiger partial charge in [-0.2, -0.15) is 0 Å². The zero-order valence-electron chi connectivity index (χ0n) is 12.9. The van der Waals surface area contributed by atoms with E-state index in [1.54, 1.807) is 12.1 Å². The lowest BCUT2D eigenvalue weighted by Crippen LogP contribution is -2.49. The molecule has 0 spiro atoms. The number of carbonyl (C=O) groups excluding carboxylic acids is 1. The fourth-order valence-electron chi connectivity index (χ4n) is 3.67. The van der Waals surface area contributed by atoms with E-state index in [4.69, 9.17) is 0 Å². The Hall–Kier alpha value is -2.11. The van der Waals surface area contributed by atoms with E-state index in [0.29, 0.717) is 6.42 Å². The molecule has 1 fully saturated rings. The van der Waals surface area contributed by atoms with E-state index >= 15 is 0 Å². The molecule has 2 atom stereocenters. The third-order valence-corrected chi connectivity index (χ3v) is 4.55. The molecule has 1 saturated heterocycles. The molecule has 2 heterocycles. The van der Waals surface area contributed by atoms with Crippen molar-refractivity contribution in [2.45, 2.75) is 45.2 Å². The first-order chi connectivity index (χ1) is 10.5. The highest BCUT2D eigenvalue weighted by Crippen LogP contribution is 2.40. The van der Waals surface area contributed by atoms with Crippen LogP contribution < -0.4 is 10.2 Å². The molecule has 0 unspecified atom stereocenters. The molecule has 0 radical (unpaired) electrons. The first kappa shape index (κ1) is 14.8. The predicted octanol–water partition coefficient (Wildman–Crippen LogP) is 2.26. The first-order valence-electron chi connectivity index (χ1n) is 7.81. The maximum atomic E-state index is 12.5. The maximum absolute atomic E-state index is 12.5. The van der Waals surface area contributed by atoms with Gasteiger partial charge in [-0.25, -0.2) is 0 Å². The SMILES string of the molecule is CC(C)NC(=O)[C@H]1Cc2cc([N+](=O)[O-])ccc2N2CCC[C@H]12. The van der Waals surface area contributed by atoms with Gasteiger partial charge in [0.05, 0.1) is 10.8 Å². The highest BCUT2D eigenvalue weighted by atomic mass is 16.6. The van der Waals surface area contributed by atoms with Gasteiger partial charge in [-0.05, 0) is 44.7 Å². The summed E-state index contributed by atoms with van der Waals surface area (Å²) in [5.41, 5.74) is 2.07. The van der Waals surface area contributed by atoms with Crippen molar-refractivity contribution in [1.82, 2.24) is 5.32 Å². The highest BCUT2D eigenvalue weighted by molar-refractivity contribution is 5.82. The molecule has 0 bridgehead atoms. The number of carbonyl (C=O) groups is 1. The van der Waals surface area contributed by atoms with Crippen LogP contribution in [0.1, 0.15) is 32.3 Å². The largest absolute Gasteiger partial charge is 0.368 e. The summed E-state index contributed by atoms with van der Waals surface area (Å²) in [5.74, 6) is -0.0662. The molecule has 22 heavy (non-hydrogen) atoms. The van der Waals surface area contributed by atoms with Gasteiger partial charge in [0.15, 0.2) is 0 Å². The van der Waals surface area contributed by atoms with Gasteiger partial charge in [0.25, 0.3) is 5.69 Å². The number of anilines is 1. The molecule has 6 nitrogen and oxygen atoms in total. The Bertz CT molecular complexity index is 615. The maximum Gasteiger partial charge on any atom is 0.269 e. The molecule has 2 aliphatic heterocycles. The van der Waals surface area contributed by atoms with Crippen molar-refractivity contribution in [2.75, 3.05) is 11.4 Å². The molecule has 0 aromatic heterocycles. The normalized spacial score (nSPS) is 23.1. The molecular weight excluding hydrogens is 282 g/mol. The van der Waals surface area contributed by atoms with Crippen molar-refractivity contribution in [3.63, 3.8) is 0 Å². The number of hydrogen-bond acceptors (Lipinski definition) is 4. The van der Waals surface area contributed by atoms with Crippen LogP contribution in [0.4, 0.5) is 11.4 Å². The Morgan fingerprint density at radius 3 is 2.91 bits per heavy atom. The van der Waals surface area contributed by atoms with E-state index in [0.717, 1.165) is 30.6 Å². The standard InChI is InChI=1S/C16H21N3O3/c1-10(2)17-16(20)13-9-11-8-12(19(21)22)5-6-14(11)18-7-3-4-15(13)18/h5-6,8,10,13,15H,3-4,7,9H2,1-2H3,(H,17,20)/t13-,15+/m0/s1. The first-order valence-corrected chi connectivity index (χ1v) is 7.81. The average Bonchev–Trinajstić information content (AvgIpc) is 2.94. The summed E-state index contributed by atoms with van der Waals surface area (Å²) >= 11 is 0. The number of nitro groups is 1. The predicted molar refractivity (Wildman–Crippen MR) is 83.9 cm³/mol. The lowest BCUT2D eigenvalue weighted by Gasteiger charge is -2.39. The molecule has 0 aliphatic carbocycles. The summed E-state index contributed by atoms with van der Waals surface area (Å²) in [7, 11) is 0. The number of hydrogen-bond donors (Lipinski definition) is 1. The van der Waals surface area contributed by atoms with Crippen LogP contribution in [0.5, 0.6) is 0 Å². The minimum absolute atomic E-state index is 0.0593. The molecule has 118 valence electrons. The fourth-order valence-corrected chi connectivity index (χ4v) is 3.67. The zero-order valence-corrected chi connectivity index (χ0v) is 12.9. The second kappa shape index (κ2) is 5.59. The van der Waals surface area contributed by atoms with E-state index in [1.165, 1.54) is 0 Å². The van der Waals surface area contributed by atoms with Gasteiger partial charge in [-0.1, -0.05) is 0 Å². The number of nitro benzene ring substituents is 1. The average molecular weight is 303 g/mol. The molecular formula is C16H21N3O3. The quantitative estimate of drug-likeness (QED) is 0.686. The lowest BCUT2D eigenvalue weighted by atomic mass is 9.84. The minimum Gasteiger partial charge on any atom is -0.368 e. The van der Waals surface area contributed by atoms with Crippen LogP contribution in [-0.2, 0) is 11.2 Å². The topological polar surface area (TPSA) is 75.5 Å². The number of non-ortho nitro benzene ring substituents is 1. The third-order valence-electron chi connectivity index (χ3n) is 4.55. The Kier molecular flexibility index (Phi) is 3.76. The summed E-state index contributed by atoms with van der Waals surface area (Å²) in [6.07, 6.45) is 2.65. The van der Waals surface area contributed by atoms with Gasteiger partial charge in [0.2, 0.25) is 5.91 Å². The van der Waals surface area contributed by atoms with Crippen molar-refractivity contribution in [3.8, 4) is 0 Å². The molecule has 0 saturated carbocycles. The number of benzene rings is 1. The van der Waals surface area contributed by atoms with Crippen molar-refractivity contribution in [2.24, 2.45) is 5.92 Å². The van der Waals surface area contributed by atoms with Crippen molar-refractivity contribution in [3.05, 3.63) is 33.9 Å². The molecule has 1 aromatic rings. The fraction of sp³-hybridized carbons (Fsp3) is 0.562. The van der Waals surface area contributed by atoms with Crippen LogP contribution in [0.15, 0.2) is 18.2 Å². The van der Waals surface area contributed by atoms with Gasteiger partial charge in [-0.15, -0.1) is 0 Å².